The van der Waals surface area contributed by atoms with Crippen molar-refractivity contribution in [1.29, 1.82) is 0 Å². The predicted octanol–water partition coefficient (Wildman–Crippen LogP) is 4.57. The van der Waals surface area contributed by atoms with Crippen LogP contribution in [-0.4, -0.2) is 39.8 Å². The fourth-order valence-electron chi connectivity index (χ4n) is 5.65. The molecule has 3 N–H and O–H groups in total. The number of methoxy groups -OCH3 is 1. The van der Waals surface area contributed by atoms with Gasteiger partial charge in [0.15, 0.2) is 5.11 Å². The summed E-state index contributed by atoms with van der Waals surface area (Å²) in [5, 5.41) is 7.25. The lowest BCUT2D eigenvalue weighted by molar-refractivity contribution is 0.392. The van der Waals surface area contributed by atoms with Gasteiger partial charge in [-0.15, -0.1) is 0 Å². The Hall–Kier alpha value is -2.52. The van der Waals surface area contributed by atoms with E-state index in [4.69, 9.17) is 17.0 Å². The molecule has 2 aliphatic carbocycles. The molecule has 0 amide bonds. The Balaban J connectivity index is 1.37. The molecule has 3 fully saturated rings. The van der Waals surface area contributed by atoms with Crippen molar-refractivity contribution < 1.29 is 13.2 Å². The summed E-state index contributed by atoms with van der Waals surface area (Å²) in [4.78, 5) is 2.39. The molecule has 1 aliphatic heterocycles. The molecule has 9 heteroatoms. The molecule has 0 spiro atoms. The number of anilines is 3. The largest absolute Gasteiger partial charge is 0.497 e. The number of hydrogen-bond donors (Lipinski definition) is 3. The van der Waals surface area contributed by atoms with Crippen LogP contribution in [0.2, 0.25) is 0 Å². The van der Waals surface area contributed by atoms with Crippen LogP contribution in [0.1, 0.15) is 38.5 Å². The molecule has 3 unspecified atom stereocenters. The van der Waals surface area contributed by atoms with Crippen LogP contribution in [0.5, 0.6) is 5.75 Å². The van der Waals surface area contributed by atoms with Crippen molar-refractivity contribution in [2.24, 2.45) is 11.8 Å². The van der Waals surface area contributed by atoms with E-state index in [-0.39, 0.29) is 4.90 Å². The standard InChI is InChI=1S/C25H32N4O3S2/c1-32-21-9-6-19(7-10-21)28-34(30,31)24-16-20(8-11-23(24)29-12-2-3-13-29)26-25(33)27-22-15-17-4-5-18(22)14-17/h6-11,16-18,22,28H,2-5,12-15H2,1H3,(H2,26,27,33). The van der Waals surface area contributed by atoms with E-state index in [1.54, 1.807) is 37.4 Å². The van der Waals surface area contributed by atoms with Crippen LogP contribution >= 0.6 is 12.2 Å². The highest BCUT2D eigenvalue weighted by molar-refractivity contribution is 7.93. The van der Waals surface area contributed by atoms with E-state index in [0.717, 1.165) is 37.5 Å². The molecule has 2 aromatic carbocycles. The number of nitrogens with one attached hydrogen (secondary N) is 3. The minimum Gasteiger partial charge on any atom is -0.497 e. The summed E-state index contributed by atoms with van der Waals surface area (Å²) < 4.78 is 34.9. The molecule has 1 saturated heterocycles. The van der Waals surface area contributed by atoms with E-state index < -0.39 is 10.0 Å². The van der Waals surface area contributed by atoms with E-state index in [1.165, 1.54) is 25.7 Å². The Bertz CT molecular complexity index is 1150. The first kappa shape index (κ1) is 23.2. The summed E-state index contributed by atoms with van der Waals surface area (Å²) in [6.45, 7) is 1.70. The van der Waals surface area contributed by atoms with E-state index in [0.29, 0.717) is 34.2 Å². The highest BCUT2D eigenvalue weighted by Crippen LogP contribution is 2.44. The van der Waals surface area contributed by atoms with Crippen LogP contribution in [0.25, 0.3) is 0 Å². The molecule has 0 radical (unpaired) electrons. The number of fused-ring (bicyclic) bond motifs is 2. The van der Waals surface area contributed by atoms with E-state index in [2.05, 4.69) is 20.3 Å². The Kier molecular flexibility index (Phi) is 6.57. The maximum absolute atomic E-state index is 13.5. The van der Waals surface area contributed by atoms with Crippen molar-refractivity contribution in [3.63, 3.8) is 0 Å². The lowest BCUT2D eigenvalue weighted by atomic mass is 9.96. The summed E-state index contributed by atoms with van der Waals surface area (Å²) in [6.07, 6.45) is 7.19. The molecule has 3 atom stereocenters. The molecule has 0 aromatic heterocycles. The molecule has 7 nitrogen and oxygen atoms in total. The first-order chi connectivity index (χ1) is 16.4. The molecule has 3 aliphatic rings. The number of rotatable bonds is 7. The van der Waals surface area contributed by atoms with Crippen LogP contribution in [0.3, 0.4) is 0 Å². The lowest BCUT2D eigenvalue weighted by Gasteiger charge is -2.25. The van der Waals surface area contributed by atoms with E-state index >= 15 is 0 Å². The number of thiocarbonyl (C=S) groups is 1. The van der Waals surface area contributed by atoms with Gasteiger partial charge in [-0.1, -0.05) is 6.42 Å². The van der Waals surface area contributed by atoms with E-state index in [9.17, 15) is 8.42 Å². The smallest absolute Gasteiger partial charge is 0.264 e. The Morgan fingerprint density at radius 2 is 1.76 bits per heavy atom. The molecule has 34 heavy (non-hydrogen) atoms. The van der Waals surface area contributed by atoms with Crippen LogP contribution < -0.4 is 25.0 Å². The van der Waals surface area contributed by atoms with Gasteiger partial charge in [0, 0.05) is 30.5 Å². The second-order valence-corrected chi connectivity index (χ2v) is 11.6. The van der Waals surface area contributed by atoms with Gasteiger partial charge in [0.1, 0.15) is 10.6 Å². The third-order valence-electron chi connectivity index (χ3n) is 7.35. The number of hydrogen-bond acceptors (Lipinski definition) is 5. The second-order valence-electron chi connectivity index (χ2n) is 9.59. The fraction of sp³-hybridized carbons (Fsp3) is 0.480. The minimum absolute atomic E-state index is 0.248. The van der Waals surface area contributed by atoms with Gasteiger partial charge in [0.2, 0.25) is 0 Å². The van der Waals surface area contributed by atoms with Crippen LogP contribution in [-0.2, 0) is 10.0 Å². The maximum Gasteiger partial charge on any atom is 0.264 e. The number of benzene rings is 2. The van der Waals surface area contributed by atoms with Gasteiger partial charge in [-0.2, -0.15) is 0 Å². The van der Waals surface area contributed by atoms with Crippen molar-refractivity contribution in [3.8, 4) is 5.75 Å². The highest BCUT2D eigenvalue weighted by atomic mass is 32.2. The van der Waals surface area contributed by atoms with Gasteiger partial charge in [0.05, 0.1) is 12.8 Å². The highest BCUT2D eigenvalue weighted by Gasteiger charge is 2.39. The third-order valence-corrected chi connectivity index (χ3v) is 8.98. The van der Waals surface area contributed by atoms with Crippen molar-refractivity contribution in [2.75, 3.05) is 35.1 Å². The van der Waals surface area contributed by atoms with Crippen molar-refractivity contribution in [2.45, 2.75) is 49.5 Å². The molecule has 182 valence electrons. The molecule has 2 saturated carbocycles. The zero-order valence-corrected chi connectivity index (χ0v) is 21.1. The van der Waals surface area contributed by atoms with E-state index in [1.807, 2.05) is 12.1 Å². The molecule has 1 heterocycles. The topological polar surface area (TPSA) is 82.7 Å². The summed E-state index contributed by atoms with van der Waals surface area (Å²) >= 11 is 5.58. The fourth-order valence-corrected chi connectivity index (χ4v) is 7.23. The average Bonchev–Trinajstić information content (AvgIpc) is 3.58. The van der Waals surface area contributed by atoms with Crippen LogP contribution in [0.15, 0.2) is 47.4 Å². The first-order valence-electron chi connectivity index (χ1n) is 12.0. The normalized spacial score (nSPS) is 23.7. The van der Waals surface area contributed by atoms with Crippen molar-refractivity contribution >= 4 is 44.4 Å². The zero-order chi connectivity index (χ0) is 23.7. The second kappa shape index (κ2) is 9.62. The molecular weight excluding hydrogens is 468 g/mol. The van der Waals surface area contributed by atoms with Gasteiger partial charge in [-0.05, 0) is 98.6 Å². The maximum atomic E-state index is 13.5. The van der Waals surface area contributed by atoms with Gasteiger partial charge < -0.3 is 20.3 Å². The van der Waals surface area contributed by atoms with Gasteiger partial charge in [-0.3, -0.25) is 4.72 Å². The quantitative estimate of drug-likeness (QED) is 0.480. The Morgan fingerprint density at radius 3 is 2.41 bits per heavy atom. The number of nitrogens with zero attached hydrogens (tertiary/aromatic N) is 1. The molecular formula is C25H32N4O3S2. The third kappa shape index (κ3) is 4.95. The zero-order valence-electron chi connectivity index (χ0n) is 19.4. The minimum atomic E-state index is -3.82. The summed E-state index contributed by atoms with van der Waals surface area (Å²) in [6, 6.07) is 12.8. The van der Waals surface area contributed by atoms with Gasteiger partial charge in [-0.25, -0.2) is 8.42 Å². The summed E-state index contributed by atoms with van der Waals surface area (Å²) in [5.74, 6) is 2.20. The lowest BCUT2D eigenvalue weighted by Crippen LogP contribution is -2.40. The van der Waals surface area contributed by atoms with Gasteiger partial charge >= 0.3 is 0 Å². The number of sulfonamides is 1. The predicted molar refractivity (Wildman–Crippen MR) is 140 cm³/mol. The van der Waals surface area contributed by atoms with Crippen LogP contribution in [0.4, 0.5) is 17.1 Å². The molecule has 5 rings (SSSR count). The van der Waals surface area contributed by atoms with Crippen molar-refractivity contribution in [3.05, 3.63) is 42.5 Å². The SMILES string of the molecule is COc1ccc(NS(=O)(=O)c2cc(NC(=S)NC3CC4CCC3C4)ccc2N2CCCC2)cc1. The van der Waals surface area contributed by atoms with Crippen LogP contribution in [0, 0.1) is 11.8 Å². The van der Waals surface area contributed by atoms with Crippen molar-refractivity contribution in [1.82, 2.24) is 5.32 Å². The Morgan fingerprint density at radius 1 is 1.03 bits per heavy atom. The molecule has 2 bridgehead atoms. The number of ether oxygens (including phenoxy) is 1. The monoisotopic (exact) mass is 500 g/mol. The first-order valence-corrected chi connectivity index (χ1v) is 13.9. The average molecular weight is 501 g/mol. The molecule has 2 aromatic rings. The summed E-state index contributed by atoms with van der Waals surface area (Å²) in [5.41, 5.74) is 1.87. The summed E-state index contributed by atoms with van der Waals surface area (Å²) in [7, 11) is -2.24. The van der Waals surface area contributed by atoms with Gasteiger partial charge in [0.25, 0.3) is 10.0 Å². The Labute approximate surface area is 207 Å².